The van der Waals surface area contributed by atoms with Gasteiger partial charge in [0.1, 0.15) is 18.0 Å². The quantitative estimate of drug-likeness (QED) is 0.751. The van der Waals surface area contributed by atoms with E-state index in [9.17, 15) is 14.7 Å². The van der Waals surface area contributed by atoms with Crippen LogP contribution < -0.4 is 10.1 Å². The average molecular weight is 330 g/mol. The Labute approximate surface area is 138 Å². The van der Waals surface area contributed by atoms with Crippen LogP contribution in [0.5, 0.6) is 17.2 Å². The number of aromatic hydroxyl groups is 1. The second kappa shape index (κ2) is 7.45. The molecule has 2 aromatic rings. The molecule has 2 rings (SSSR count). The standard InChI is InChI=1S/C17H18N2O5/c1-10(2)11-3-5-12(6-4-11)24-13-7-14(20)16(18-8-13)17(23)19-9-15(21)22/h3-8,10,20H,9H2,1-2H3,(H,19,23)(H,21,22). The number of hydrogen-bond acceptors (Lipinski definition) is 5. The number of nitrogens with one attached hydrogen (secondary N) is 1. The molecular formula is C17H18N2O5. The SMILES string of the molecule is CC(C)c1ccc(Oc2cnc(C(=O)NCC(=O)O)c(O)c2)cc1. The lowest BCUT2D eigenvalue weighted by molar-refractivity contribution is -0.135. The molecule has 7 heteroatoms. The number of rotatable bonds is 6. The van der Waals surface area contributed by atoms with Crippen molar-refractivity contribution in [3.05, 3.63) is 47.8 Å². The Balaban J connectivity index is 2.08. The second-order valence-electron chi connectivity index (χ2n) is 5.44. The number of carboxylic acid groups (broad SMARTS) is 1. The van der Waals surface area contributed by atoms with Crippen molar-refractivity contribution in [3.8, 4) is 17.2 Å². The highest BCUT2D eigenvalue weighted by molar-refractivity contribution is 5.96. The number of nitrogens with zero attached hydrogens (tertiary/aromatic N) is 1. The number of carbonyl (C=O) groups is 2. The summed E-state index contributed by atoms with van der Waals surface area (Å²) in [7, 11) is 0. The van der Waals surface area contributed by atoms with Crippen molar-refractivity contribution in [2.45, 2.75) is 19.8 Å². The zero-order chi connectivity index (χ0) is 17.7. The summed E-state index contributed by atoms with van der Waals surface area (Å²) in [6.45, 7) is 3.62. The normalized spacial score (nSPS) is 10.5. The van der Waals surface area contributed by atoms with E-state index in [1.54, 1.807) is 12.1 Å². The van der Waals surface area contributed by atoms with E-state index in [-0.39, 0.29) is 11.4 Å². The Kier molecular flexibility index (Phi) is 5.36. The molecule has 0 fully saturated rings. The molecule has 126 valence electrons. The molecule has 0 spiro atoms. The van der Waals surface area contributed by atoms with E-state index in [1.807, 2.05) is 12.1 Å². The van der Waals surface area contributed by atoms with Crippen molar-refractivity contribution in [1.82, 2.24) is 10.3 Å². The topological polar surface area (TPSA) is 109 Å². The first kappa shape index (κ1) is 17.3. The van der Waals surface area contributed by atoms with Crippen LogP contribution in [0.4, 0.5) is 0 Å². The van der Waals surface area contributed by atoms with Crippen LogP contribution in [0, 0.1) is 0 Å². The molecule has 0 atom stereocenters. The highest BCUT2D eigenvalue weighted by atomic mass is 16.5. The number of benzene rings is 1. The molecule has 0 saturated carbocycles. The molecule has 1 aromatic carbocycles. The third kappa shape index (κ3) is 4.45. The number of pyridine rings is 1. The summed E-state index contributed by atoms with van der Waals surface area (Å²) in [5.74, 6) is -1.11. The lowest BCUT2D eigenvalue weighted by Gasteiger charge is -2.10. The van der Waals surface area contributed by atoms with Gasteiger partial charge in [-0.1, -0.05) is 26.0 Å². The van der Waals surface area contributed by atoms with Gasteiger partial charge >= 0.3 is 5.97 Å². The van der Waals surface area contributed by atoms with Gasteiger partial charge < -0.3 is 20.3 Å². The molecule has 24 heavy (non-hydrogen) atoms. The number of amides is 1. The van der Waals surface area contributed by atoms with Crippen LogP contribution in [-0.2, 0) is 4.79 Å². The molecule has 1 aromatic heterocycles. The predicted octanol–water partition coefficient (Wildman–Crippen LogP) is 2.52. The van der Waals surface area contributed by atoms with Crippen LogP contribution in [0.1, 0.15) is 35.8 Å². The smallest absolute Gasteiger partial charge is 0.322 e. The number of carboxylic acids is 1. The highest BCUT2D eigenvalue weighted by Crippen LogP contribution is 2.27. The van der Waals surface area contributed by atoms with Crippen LogP contribution in [0.25, 0.3) is 0 Å². The van der Waals surface area contributed by atoms with Crippen LogP contribution in [0.15, 0.2) is 36.5 Å². The first-order valence-electron chi connectivity index (χ1n) is 7.33. The van der Waals surface area contributed by atoms with E-state index < -0.39 is 24.2 Å². The summed E-state index contributed by atoms with van der Waals surface area (Å²) < 4.78 is 5.58. The third-order valence-electron chi connectivity index (χ3n) is 3.24. The summed E-state index contributed by atoms with van der Waals surface area (Å²) in [6.07, 6.45) is 1.28. The van der Waals surface area contributed by atoms with Gasteiger partial charge in [0.2, 0.25) is 0 Å². The molecule has 0 saturated heterocycles. The minimum atomic E-state index is -1.19. The number of aromatic nitrogens is 1. The van der Waals surface area contributed by atoms with Gasteiger partial charge in [0.15, 0.2) is 11.4 Å². The lowest BCUT2D eigenvalue weighted by atomic mass is 10.0. The monoisotopic (exact) mass is 330 g/mol. The molecule has 0 radical (unpaired) electrons. The van der Waals surface area contributed by atoms with Crippen LogP contribution in [0.2, 0.25) is 0 Å². The van der Waals surface area contributed by atoms with Gasteiger partial charge in [-0.3, -0.25) is 9.59 Å². The molecule has 0 aliphatic carbocycles. The fraction of sp³-hybridized carbons (Fsp3) is 0.235. The molecule has 1 amide bonds. The number of hydrogen-bond donors (Lipinski definition) is 3. The largest absolute Gasteiger partial charge is 0.505 e. The van der Waals surface area contributed by atoms with Gasteiger partial charge in [-0.15, -0.1) is 0 Å². The molecule has 0 bridgehead atoms. The Morgan fingerprint density at radius 1 is 1.21 bits per heavy atom. The van der Waals surface area contributed by atoms with Crippen LogP contribution in [-0.4, -0.2) is 33.6 Å². The van der Waals surface area contributed by atoms with E-state index in [0.717, 1.165) is 0 Å². The maximum Gasteiger partial charge on any atom is 0.322 e. The lowest BCUT2D eigenvalue weighted by Crippen LogP contribution is -2.29. The number of aliphatic carboxylic acids is 1. The maximum absolute atomic E-state index is 11.7. The summed E-state index contributed by atoms with van der Waals surface area (Å²) in [5, 5.41) is 20.5. The Morgan fingerprint density at radius 3 is 2.42 bits per heavy atom. The minimum Gasteiger partial charge on any atom is -0.505 e. The number of carbonyl (C=O) groups excluding carboxylic acids is 1. The molecule has 0 aliphatic rings. The van der Waals surface area contributed by atoms with Crippen molar-refractivity contribution in [3.63, 3.8) is 0 Å². The van der Waals surface area contributed by atoms with Gasteiger partial charge in [0.25, 0.3) is 5.91 Å². The molecule has 0 unspecified atom stereocenters. The second-order valence-corrected chi connectivity index (χ2v) is 5.44. The van der Waals surface area contributed by atoms with Crippen molar-refractivity contribution in [1.29, 1.82) is 0 Å². The van der Waals surface area contributed by atoms with E-state index in [2.05, 4.69) is 24.1 Å². The predicted molar refractivity (Wildman–Crippen MR) is 86.5 cm³/mol. The maximum atomic E-state index is 11.7. The van der Waals surface area contributed by atoms with Crippen molar-refractivity contribution < 1.29 is 24.5 Å². The van der Waals surface area contributed by atoms with Gasteiger partial charge in [0, 0.05) is 6.07 Å². The van der Waals surface area contributed by atoms with Gasteiger partial charge in [-0.25, -0.2) is 4.98 Å². The minimum absolute atomic E-state index is 0.264. The average Bonchev–Trinajstić information content (AvgIpc) is 2.53. The van der Waals surface area contributed by atoms with E-state index >= 15 is 0 Å². The third-order valence-corrected chi connectivity index (χ3v) is 3.24. The van der Waals surface area contributed by atoms with Crippen molar-refractivity contribution >= 4 is 11.9 Å². The summed E-state index contributed by atoms with van der Waals surface area (Å²) in [6, 6.07) is 8.75. The zero-order valence-electron chi connectivity index (χ0n) is 13.3. The Bertz CT molecular complexity index is 741. The summed E-state index contributed by atoms with van der Waals surface area (Å²) in [5.41, 5.74) is 0.910. The van der Waals surface area contributed by atoms with E-state index in [0.29, 0.717) is 11.7 Å². The first-order valence-corrected chi connectivity index (χ1v) is 7.33. The van der Waals surface area contributed by atoms with Crippen molar-refractivity contribution in [2.24, 2.45) is 0 Å². The van der Waals surface area contributed by atoms with E-state index in [4.69, 9.17) is 9.84 Å². The van der Waals surface area contributed by atoms with Gasteiger partial charge in [0.05, 0.1) is 6.20 Å². The molecular weight excluding hydrogens is 312 g/mol. The fourth-order valence-corrected chi connectivity index (χ4v) is 1.96. The highest BCUT2D eigenvalue weighted by Gasteiger charge is 2.15. The van der Waals surface area contributed by atoms with Crippen molar-refractivity contribution in [2.75, 3.05) is 6.54 Å². The molecule has 0 aliphatic heterocycles. The van der Waals surface area contributed by atoms with Gasteiger partial charge in [-0.2, -0.15) is 0 Å². The van der Waals surface area contributed by atoms with Crippen LogP contribution in [0.3, 0.4) is 0 Å². The summed E-state index contributed by atoms with van der Waals surface area (Å²) in [4.78, 5) is 25.9. The van der Waals surface area contributed by atoms with Gasteiger partial charge in [-0.05, 0) is 23.6 Å². The zero-order valence-corrected chi connectivity index (χ0v) is 13.3. The Morgan fingerprint density at radius 2 is 1.88 bits per heavy atom. The summed E-state index contributed by atoms with van der Waals surface area (Å²) >= 11 is 0. The molecule has 7 nitrogen and oxygen atoms in total. The molecule has 1 heterocycles. The fourth-order valence-electron chi connectivity index (χ4n) is 1.96. The molecule has 3 N–H and O–H groups in total. The van der Waals surface area contributed by atoms with Crippen LogP contribution >= 0.6 is 0 Å². The first-order chi connectivity index (χ1) is 11.4. The van der Waals surface area contributed by atoms with E-state index in [1.165, 1.54) is 17.8 Å². The Hall–Kier alpha value is -3.09. The number of ether oxygens (including phenoxy) is 1.